The monoisotopic (exact) mass is 522 g/mol. The van der Waals surface area contributed by atoms with Crippen LogP contribution in [0, 0.1) is 0 Å². The highest BCUT2D eigenvalue weighted by molar-refractivity contribution is 5.66. The van der Waals surface area contributed by atoms with Crippen molar-refractivity contribution < 1.29 is 38.7 Å². The first-order valence-electron chi connectivity index (χ1n) is 12.6. The van der Waals surface area contributed by atoms with Crippen molar-refractivity contribution in [3.05, 3.63) is 108 Å². The molecule has 6 atom stereocenters. The van der Waals surface area contributed by atoms with E-state index in [1.807, 2.05) is 91.0 Å². The minimum Gasteiger partial charge on any atom is -0.457 e. The van der Waals surface area contributed by atoms with Gasteiger partial charge in [-0.05, 0) is 16.7 Å². The van der Waals surface area contributed by atoms with Crippen molar-refractivity contribution in [2.75, 3.05) is 6.61 Å². The summed E-state index contributed by atoms with van der Waals surface area (Å²) in [6.45, 7) is 1.36. The van der Waals surface area contributed by atoms with Gasteiger partial charge in [0, 0.05) is 6.92 Å². The molecule has 3 aromatic carbocycles. The Morgan fingerprint density at radius 2 is 1.16 bits per heavy atom. The molecule has 0 aliphatic carbocycles. The zero-order valence-corrected chi connectivity index (χ0v) is 21.3. The maximum atomic E-state index is 11.8. The molecular weight excluding hydrogens is 488 g/mol. The van der Waals surface area contributed by atoms with Gasteiger partial charge in [0.15, 0.2) is 12.4 Å². The van der Waals surface area contributed by atoms with Crippen LogP contribution in [0.1, 0.15) is 23.6 Å². The van der Waals surface area contributed by atoms with Crippen molar-refractivity contribution in [2.24, 2.45) is 0 Å². The molecule has 1 aliphatic heterocycles. The number of hydrogen-bond donors (Lipinski definition) is 2. The normalized spacial score (nSPS) is 24.0. The first kappa shape index (κ1) is 27.9. The SMILES string of the molecule is CC(=O)OC(CO)[C@H]1O[C@H](O)[C@H](OCc2ccccc2)[C@@H](OCc2ccccc2)[C@@H]1OCc1ccccc1. The molecule has 1 saturated heterocycles. The van der Waals surface area contributed by atoms with E-state index in [4.69, 9.17) is 23.7 Å². The van der Waals surface area contributed by atoms with Gasteiger partial charge < -0.3 is 33.9 Å². The molecule has 4 rings (SSSR count). The number of hydrogen-bond acceptors (Lipinski definition) is 8. The third-order valence-corrected chi connectivity index (χ3v) is 6.27. The predicted octanol–water partition coefficient (Wildman–Crippen LogP) is 3.38. The molecule has 8 heteroatoms. The van der Waals surface area contributed by atoms with Gasteiger partial charge in [-0.25, -0.2) is 0 Å². The summed E-state index contributed by atoms with van der Waals surface area (Å²) in [5.41, 5.74) is 2.75. The van der Waals surface area contributed by atoms with Crippen LogP contribution in [0.15, 0.2) is 91.0 Å². The van der Waals surface area contributed by atoms with Crippen LogP contribution in [0.3, 0.4) is 0 Å². The molecule has 0 aromatic heterocycles. The molecule has 0 saturated carbocycles. The largest absolute Gasteiger partial charge is 0.457 e. The van der Waals surface area contributed by atoms with Gasteiger partial charge in [-0.3, -0.25) is 4.79 Å². The van der Waals surface area contributed by atoms with Crippen LogP contribution in [-0.4, -0.2) is 59.6 Å². The van der Waals surface area contributed by atoms with Crippen LogP contribution in [-0.2, 0) is 48.3 Å². The van der Waals surface area contributed by atoms with Crippen LogP contribution in [0.2, 0.25) is 0 Å². The summed E-state index contributed by atoms with van der Waals surface area (Å²) in [4.78, 5) is 11.8. The first-order chi connectivity index (χ1) is 18.5. The fourth-order valence-corrected chi connectivity index (χ4v) is 4.43. The van der Waals surface area contributed by atoms with E-state index in [0.29, 0.717) is 0 Å². The number of ether oxygens (including phenoxy) is 5. The van der Waals surface area contributed by atoms with E-state index in [1.54, 1.807) is 0 Å². The van der Waals surface area contributed by atoms with E-state index in [1.165, 1.54) is 6.92 Å². The fraction of sp³-hybridized carbons (Fsp3) is 0.367. The number of carbonyl (C=O) groups is 1. The Hall–Kier alpha value is -3.11. The summed E-state index contributed by atoms with van der Waals surface area (Å²) in [7, 11) is 0. The Kier molecular flexibility index (Phi) is 10.4. The van der Waals surface area contributed by atoms with E-state index < -0.39 is 49.4 Å². The molecule has 0 radical (unpaired) electrons. The predicted molar refractivity (Wildman–Crippen MR) is 139 cm³/mol. The maximum Gasteiger partial charge on any atom is 0.303 e. The van der Waals surface area contributed by atoms with Gasteiger partial charge in [0.1, 0.15) is 24.4 Å². The number of rotatable bonds is 12. The first-order valence-corrected chi connectivity index (χ1v) is 12.6. The Morgan fingerprint density at radius 1 is 0.737 bits per heavy atom. The van der Waals surface area contributed by atoms with Crippen LogP contribution >= 0.6 is 0 Å². The number of aliphatic hydroxyl groups excluding tert-OH is 2. The molecule has 8 nitrogen and oxygen atoms in total. The highest BCUT2D eigenvalue weighted by atomic mass is 16.7. The van der Waals surface area contributed by atoms with E-state index in [2.05, 4.69) is 0 Å². The summed E-state index contributed by atoms with van der Waals surface area (Å²) >= 11 is 0. The van der Waals surface area contributed by atoms with Crippen LogP contribution < -0.4 is 0 Å². The smallest absolute Gasteiger partial charge is 0.303 e. The highest BCUT2D eigenvalue weighted by Crippen LogP contribution is 2.32. The average molecular weight is 523 g/mol. The standard InChI is InChI=1S/C30H34O8/c1-21(32)37-25(17-31)26-27(34-18-22-11-5-2-6-12-22)28(35-19-23-13-7-3-8-14-23)29(30(33)38-26)36-20-24-15-9-4-10-16-24/h2-16,25-31,33H,17-20H2,1H3/t25?,26-,27-,28+,29-,30+/m1/s1. The Balaban J connectivity index is 1.63. The minimum atomic E-state index is -1.43. The second kappa shape index (κ2) is 14.2. The van der Waals surface area contributed by atoms with Gasteiger partial charge in [0.05, 0.1) is 26.4 Å². The third kappa shape index (κ3) is 7.70. The Morgan fingerprint density at radius 3 is 1.58 bits per heavy atom. The number of aliphatic hydroxyl groups is 2. The molecule has 38 heavy (non-hydrogen) atoms. The molecule has 0 spiro atoms. The number of benzene rings is 3. The molecule has 3 aromatic rings. The van der Waals surface area contributed by atoms with Crippen LogP contribution in [0.4, 0.5) is 0 Å². The molecule has 1 heterocycles. The van der Waals surface area contributed by atoms with Gasteiger partial charge in [-0.1, -0.05) is 91.0 Å². The van der Waals surface area contributed by atoms with Gasteiger partial charge >= 0.3 is 5.97 Å². The Bertz CT molecular complexity index is 1100. The highest BCUT2D eigenvalue weighted by Gasteiger charge is 2.51. The lowest BCUT2D eigenvalue weighted by molar-refractivity contribution is -0.325. The molecule has 2 N–H and O–H groups in total. The van der Waals surface area contributed by atoms with Crippen molar-refractivity contribution >= 4 is 5.97 Å². The van der Waals surface area contributed by atoms with E-state index >= 15 is 0 Å². The van der Waals surface area contributed by atoms with Gasteiger partial charge in [0.2, 0.25) is 0 Å². The summed E-state index contributed by atoms with van der Waals surface area (Å²) in [6, 6.07) is 28.7. The molecule has 1 unspecified atom stereocenters. The molecule has 0 amide bonds. The zero-order chi connectivity index (χ0) is 26.7. The van der Waals surface area contributed by atoms with Gasteiger partial charge in [-0.2, -0.15) is 0 Å². The minimum absolute atomic E-state index is 0.205. The van der Waals surface area contributed by atoms with Crippen molar-refractivity contribution in [3.63, 3.8) is 0 Å². The number of esters is 1. The summed E-state index contributed by atoms with van der Waals surface area (Å²) in [5, 5.41) is 21.1. The summed E-state index contributed by atoms with van der Waals surface area (Å²) in [6.07, 6.45) is -6.11. The second-order valence-corrected chi connectivity index (χ2v) is 9.11. The van der Waals surface area contributed by atoms with E-state index in [0.717, 1.165) is 16.7 Å². The molecule has 202 valence electrons. The molecule has 1 aliphatic rings. The van der Waals surface area contributed by atoms with Gasteiger partial charge in [0.25, 0.3) is 0 Å². The van der Waals surface area contributed by atoms with Crippen LogP contribution in [0.5, 0.6) is 0 Å². The van der Waals surface area contributed by atoms with Gasteiger partial charge in [-0.15, -0.1) is 0 Å². The summed E-state index contributed by atoms with van der Waals surface area (Å²) in [5.74, 6) is -0.590. The van der Waals surface area contributed by atoms with Crippen LogP contribution in [0.25, 0.3) is 0 Å². The molecule has 0 bridgehead atoms. The third-order valence-electron chi connectivity index (χ3n) is 6.27. The lowest BCUT2D eigenvalue weighted by atomic mass is 9.94. The topological polar surface area (TPSA) is 104 Å². The quantitative estimate of drug-likeness (QED) is 0.349. The van der Waals surface area contributed by atoms with E-state index in [-0.39, 0.29) is 19.8 Å². The van der Waals surface area contributed by atoms with E-state index in [9.17, 15) is 15.0 Å². The zero-order valence-electron chi connectivity index (χ0n) is 21.3. The van der Waals surface area contributed by atoms with Crippen molar-refractivity contribution in [2.45, 2.75) is 63.6 Å². The Labute approximate surface area is 222 Å². The van der Waals surface area contributed by atoms with Crippen molar-refractivity contribution in [1.82, 2.24) is 0 Å². The lowest BCUT2D eigenvalue weighted by Crippen LogP contribution is -2.63. The fourth-order valence-electron chi connectivity index (χ4n) is 4.43. The van der Waals surface area contributed by atoms with Crippen molar-refractivity contribution in [1.29, 1.82) is 0 Å². The average Bonchev–Trinajstić information content (AvgIpc) is 2.95. The van der Waals surface area contributed by atoms with Crippen molar-refractivity contribution in [3.8, 4) is 0 Å². The lowest BCUT2D eigenvalue weighted by Gasteiger charge is -2.46. The molecular formula is C30H34O8. The maximum absolute atomic E-state index is 11.8. The molecule has 1 fully saturated rings. The number of carbonyl (C=O) groups excluding carboxylic acids is 1. The summed E-state index contributed by atoms with van der Waals surface area (Å²) < 4.78 is 30.1. The second-order valence-electron chi connectivity index (χ2n) is 9.11.